The van der Waals surface area contributed by atoms with Crippen LogP contribution >= 0.6 is 44.3 Å². The molecule has 0 aromatic rings. The summed E-state index contributed by atoms with van der Waals surface area (Å²) >= 11 is 24.0. The lowest BCUT2D eigenvalue weighted by atomic mass is 10.3. The standard InChI is InChI=1S/C9H20Cl4Si2/c1-3-14(10,4-2)8-6-5-7-9-15(11,12)13/h3-9H2,1-2H3. The Morgan fingerprint density at radius 1 is 0.733 bits per heavy atom. The summed E-state index contributed by atoms with van der Waals surface area (Å²) in [6, 6.07) is 1.96. The first-order valence-corrected chi connectivity index (χ1v) is 14.5. The van der Waals surface area contributed by atoms with Crippen molar-refractivity contribution >= 4 is 57.7 Å². The number of rotatable bonds is 8. The Morgan fingerprint density at radius 2 is 1.20 bits per heavy atom. The van der Waals surface area contributed by atoms with Gasteiger partial charge in [0.2, 0.25) is 0 Å². The fourth-order valence-corrected chi connectivity index (χ4v) is 5.89. The normalized spacial score (nSPS) is 13.2. The molecule has 0 N–H and O–H groups in total. The second kappa shape index (κ2) is 7.83. The molecule has 0 atom stereocenters. The van der Waals surface area contributed by atoms with Gasteiger partial charge in [-0.25, -0.2) is 0 Å². The summed E-state index contributed by atoms with van der Waals surface area (Å²) in [5, 5.41) is 0. The van der Waals surface area contributed by atoms with Crippen LogP contribution in [-0.4, -0.2) is 13.4 Å². The minimum Gasteiger partial charge on any atom is -0.167 e. The average molecular weight is 326 g/mol. The molecule has 0 nitrogen and oxygen atoms in total. The molecular formula is C9H20Cl4Si2. The van der Waals surface area contributed by atoms with Crippen LogP contribution in [0.15, 0.2) is 0 Å². The fourth-order valence-electron chi connectivity index (χ4n) is 1.55. The van der Waals surface area contributed by atoms with Crippen molar-refractivity contribution in [1.29, 1.82) is 0 Å². The zero-order valence-electron chi connectivity index (χ0n) is 9.46. The van der Waals surface area contributed by atoms with Gasteiger partial charge in [-0.15, -0.1) is 33.2 Å². The second-order valence-electron chi connectivity index (χ2n) is 4.03. The van der Waals surface area contributed by atoms with Crippen LogP contribution in [0.4, 0.5) is 0 Å². The lowest BCUT2D eigenvalue weighted by molar-refractivity contribution is 0.759. The topological polar surface area (TPSA) is 0 Å². The van der Waals surface area contributed by atoms with Gasteiger partial charge in [-0.1, -0.05) is 33.1 Å². The summed E-state index contributed by atoms with van der Waals surface area (Å²) in [6.45, 7) is 4.41. The lowest BCUT2D eigenvalue weighted by Gasteiger charge is -2.20. The molecule has 0 spiro atoms. The Balaban J connectivity index is 3.54. The van der Waals surface area contributed by atoms with Gasteiger partial charge in [-0.05, 0) is 24.2 Å². The molecule has 0 heterocycles. The highest BCUT2D eigenvalue weighted by Crippen LogP contribution is 2.30. The predicted molar refractivity (Wildman–Crippen MR) is 79.3 cm³/mol. The summed E-state index contributed by atoms with van der Waals surface area (Å²) in [5.74, 6) is 0. The van der Waals surface area contributed by atoms with Crippen molar-refractivity contribution in [1.82, 2.24) is 0 Å². The van der Waals surface area contributed by atoms with Crippen LogP contribution in [0.2, 0.25) is 24.2 Å². The van der Waals surface area contributed by atoms with Crippen LogP contribution in [0.3, 0.4) is 0 Å². The quantitative estimate of drug-likeness (QED) is 0.290. The average Bonchev–Trinajstić information content (AvgIpc) is 2.15. The minimum atomic E-state index is -2.37. The van der Waals surface area contributed by atoms with E-state index in [4.69, 9.17) is 44.3 Å². The molecule has 15 heavy (non-hydrogen) atoms. The maximum absolute atomic E-state index is 6.55. The van der Waals surface area contributed by atoms with Crippen LogP contribution in [0.5, 0.6) is 0 Å². The summed E-state index contributed by atoms with van der Waals surface area (Å²) in [5.41, 5.74) is 0. The highest BCUT2D eigenvalue weighted by atomic mass is 35.8. The van der Waals surface area contributed by atoms with E-state index in [9.17, 15) is 0 Å². The van der Waals surface area contributed by atoms with Gasteiger partial charge in [-0.3, -0.25) is 0 Å². The SMILES string of the molecule is CC[Si](Cl)(CC)CCCCC[Si](Cl)(Cl)Cl. The Hall–Kier alpha value is 1.59. The zero-order valence-corrected chi connectivity index (χ0v) is 14.5. The molecule has 6 heteroatoms. The van der Waals surface area contributed by atoms with E-state index in [1.54, 1.807) is 0 Å². The van der Waals surface area contributed by atoms with Crippen LogP contribution in [0, 0.1) is 0 Å². The van der Waals surface area contributed by atoms with E-state index >= 15 is 0 Å². The molecule has 0 aliphatic carbocycles. The molecule has 0 aromatic heterocycles. The van der Waals surface area contributed by atoms with Gasteiger partial charge in [-0.2, -0.15) is 11.1 Å². The highest BCUT2D eigenvalue weighted by molar-refractivity contribution is 7.64. The molecule has 0 fully saturated rings. The molecule has 0 aromatic carbocycles. The summed E-state index contributed by atoms with van der Waals surface area (Å²) < 4.78 is 0. The van der Waals surface area contributed by atoms with Crippen molar-refractivity contribution in [2.45, 2.75) is 57.3 Å². The molecule has 0 unspecified atom stereocenters. The highest BCUT2D eigenvalue weighted by Gasteiger charge is 2.26. The van der Waals surface area contributed by atoms with Crippen molar-refractivity contribution in [3.05, 3.63) is 0 Å². The third kappa shape index (κ3) is 9.31. The molecule has 92 valence electrons. The molecular weight excluding hydrogens is 306 g/mol. The van der Waals surface area contributed by atoms with Crippen molar-refractivity contribution in [3.63, 3.8) is 0 Å². The van der Waals surface area contributed by atoms with Gasteiger partial charge in [0.05, 0.1) is 0 Å². The zero-order chi connectivity index (χ0) is 11.9. The van der Waals surface area contributed by atoms with Crippen LogP contribution in [0.1, 0.15) is 33.1 Å². The number of unbranched alkanes of at least 4 members (excludes halogenated alkanes) is 2. The fraction of sp³-hybridized carbons (Fsp3) is 1.00. The Kier molecular flexibility index (Phi) is 8.66. The van der Waals surface area contributed by atoms with E-state index in [0.717, 1.165) is 18.9 Å². The summed E-state index contributed by atoms with van der Waals surface area (Å²) in [6.07, 6.45) is 3.40. The molecule has 0 radical (unpaired) electrons. The van der Waals surface area contributed by atoms with Gasteiger partial charge in [0, 0.05) is 0 Å². The van der Waals surface area contributed by atoms with E-state index < -0.39 is 13.4 Å². The largest absolute Gasteiger partial charge is 0.341 e. The lowest BCUT2D eigenvalue weighted by Crippen LogP contribution is -2.23. The first-order valence-electron chi connectivity index (χ1n) is 5.58. The van der Waals surface area contributed by atoms with E-state index in [-0.39, 0.29) is 0 Å². The summed E-state index contributed by atoms with van der Waals surface area (Å²) in [7, 11) is -1.41. The summed E-state index contributed by atoms with van der Waals surface area (Å²) in [4.78, 5) is 0. The molecule has 0 saturated carbocycles. The Morgan fingerprint density at radius 3 is 1.60 bits per heavy atom. The number of hydrogen-bond acceptors (Lipinski definition) is 0. The van der Waals surface area contributed by atoms with Crippen molar-refractivity contribution in [3.8, 4) is 0 Å². The molecule has 0 amide bonds. The van der Waals surface area contributed by atoms with Gasteiger partial charge in [0.25, 0.3) is 0 Å². The van der Waals surface area contributed by atoms with E-state index in [0.29, 0.717) is 0 Å². The van der Waals surface area contributed by atoms with Gasteiger partial charge >= 0.3 is 6.00 Å². The maximum Gasteiger partial charge on any atom is 0.341 e. The van der Waals surface area contributed by atoms with Crippen LogP contribution < -0.4 is 0 Å². The maximum atomic E-state index is 6.55. The van der Waals surface area contributed by atoms with E-state index in [1.807, 2.05) is 0 Å². The van der Waals surface area contributed by atoms with Crippen molar-refractivity contribution < 1.29 is 0 Å². The molecule has 0 bridgehead atoms. The first-order chi connectivity index (χ1) is 6.83. The first kappa shape index (κ1) is 16.6. The molecule has 0 saturated heterocycles. The molecule has 0 aliphatic heterocycles. The smallest absolute Gasteiger partial charge is 0.167 e. The monoisotopic (exact) mass is 324 g/mol. The second-order valence-corrected chi connectivity index (χ2v) is 19.9. The number of halogens is 4. The van der Waals surface area contributed by atoms with Gasteiger partial charge < -0.3 is 0 Å². The van der Waals surface area contributed by atoms with Crippen LogP contribution in [0.25, 0.3) is 0 Å². The van der Waals surface area contributed by atoms with Crippen molar-refractivity contribution in [2.75, 3.05) is 0 Å². The van der Waals surface area contributed by atoms with Gasteiger partial charge in [0.15, 0.2) is 7.38 Å². The van der Waals surface area contributed by atoms with Crippen molar-refractivity contribution in [2.24, 2.45) is 0 Å². The van der Waals surface area contributed by atoms with E-state index in [1.165, 1.54) is 24.6 Å². The third-order valence-electron chi connectivity index (χ3n) is 2.85. The Labute approximate surface area is 114 Å². The number of hydrogen-bond donors (Lipinski definition) is 0. The minimum absolute atomic E-state index is 0.784. The molecule has 0 aliphatic rings. The van der Waals surface area contributed by atoms with Crippen LogP contribution in [-0.2, 0) is 0 Å². The predicted octanol–water partition coefficient (Wildman–Crippen LogP) is 6.04. The molecule has 0 rings (SSSR count). The van der Waals surface area contributed by atoms with Gasteiger partial charge in [0.1, 0.15) is 0 Å². The Bertz CT molecular complexity index is 166. The third-order valence-corrected chi connectivity index (χ3v) is 11.4. The van der Waals surface area contributed by atoms with E-state index in [2.05, 4.69) is 13.8 Å².